The highest BCUT2D eigenvalue weighted by Crippen LogP contribution is 2.49. The van der Waals surface area contributed by atoms with Gasteiger partial charge in [0.25, 0.3) is 5.88 Å². The highest BCUT2D eigenvalue weighted by atomic mass is 35.5. The van der Waals surface area contributed by atoms with E-state index in [2.05, 4.69) is 14.7 Å². The fourth-order valence-corrected chi connectivity index (χ4v) is 2.49. The Morgan fingerprint density at radius 1 is 1.07 bits per heavy atom. The number of ether oxygens (including phenoxy) is 1. The summed E-state index contributed by atoms with van der Waals surface area (Å²) >= 11 is 5.48. The van der Waals surface area contributed by atoms with Crippen molar-refractivity contribution in [2.45, 2.75) is 6.18 Å². The lowest BCUT2D eigenvalue weighted by molar-refractivity contribution is -0.392. The van der Waals surface area contributed by atoms with Crippen LogP contribution in [0.15, 0.2) is 12.4 Å². The summed E-state index contributed by atoms with van der Waals surface area (Å²) in [5.41, 5.74) is -6.91. The highest BCUT2D eigenvalue weighted by molar-refractivity contribution is 6.34. The van der Waals surface area contributed by atoms with E-state index in [0.29, 0.717) is 0 Å². The number of hydrogen-bond acceptors (Lipinski definition) is 10. The van der Waals surface area contributed by atoms with Crippen molar-refractivity contribution in [1.82, 2.24) is 9.97 Å². The molecular formula is C12H6ClF3N6O7. The minimum absolute atomic E-state index is 0.0398. The van der Waals surface area contributed by atoms with E-state index in [-0.39, 0.29) is 6.07 Å². The van der Waals surface area contributed by atoms with E-state index in [1.54, 1.807) is 0 Å². The third-order valence-electron chi connectivity index (χ3n) is 3.31. The van der Waals surface area contributed by atoms with Crippen LogP contribution in [0.1, 0.15) is 5.56 Å². The summed E-state index contributed by atoms with van der Waals surface area (Å²) in [6, 6.07) is -0.0398. The van der Waals surface area contributed by atoms with Gasteiger partial charge in [-0.2, -0.15) is 18.2 Å². The van der Waals surface area contributed by atoms with Crippen LogP contribution in [0.3, 0.4) is 0 Å². The largest absolute Gasteiger partial charge is 0.476 e. The van der Waals surface area contributed by atoms with Gasteiger partial charge in [0.2, 0.25) is 5.82 Å². The number of benzene rings is 1. The fourth-order valence-electron chi connectivity index (χ4n) is 2.16. The predicted octanol–water partition coefficient (Wildman–Crippen LogP) is 3.63. The minimum atomic E-state index is -5.25. The number of hydrogen-bond donors (Lipinski definition) is 1. The Bertz CT molecular complexity index is 1030. The van der Waals surface area contributed by atoms with Gasteiger partial charge >= 0.3 is 23.2 Å². The zero-order chi connectivity index (χ0) is 22.1. The molecule has 0 amide bonds. The molecule has 1 N–H and O–H groups in total. The molecule has 1 heterocycles. The molecule has 2 aromatic rings. The molecule has 0 fully saturated rings. The van der Waals surface area contributed by atoms with Crippen LogP contribution >= 0.6 is 11.6 Å². The predicted molar refractivity (Wildman–Crippen MR) is 88.3 cm³/mol. The molecule has 0 aliphatic heterocycles. The van der Waals surface area contributed by atoms with E-state index < -0.39 is 66.0 Å². The van der Waals surface area contributed by atoms with Crippen LogP contribution in [-0.4, -0.2) is 31.8 Å². The SMILES string of the molecule is COc1ncnc(Nc2c([N+](=O)[O-])cc(C(F)(F)F)c(Cl)c2[N+](=O)[O-])c1[N+](=O)[O-]. The molecule has 1 aromatic carbocycles. The third kappa shape index (κ3) is 4.05. The van der Waals surface area contributed by atoms with Crippen molar-refractivity contribution in [2.24, 2.45) is 0 Å². The van der Waals surface area contributed by atoms with Crippen LogP contribution in [-0.2, 0) is 6.18 Å². The molecule has 29 heavy (non-hydrogen) atoms. The molecule has 0 spiro atoms. The van der Waals surface area contributed by atoms with Crippen molar-refractivity contribution in [2.75, 3.05) is 12.4 Å². The van der Waals surface area contributed by atoms with E-state index in [0.717, 1.165) is 13.4 Å². The first-order valence-corrected chi connectivity index (χ1v) is 7.30. The van der Waals surface area contributed by atoms with E-state index in [1.807, 2.05) is 5.32 Å². The molecule has 0 saturated carbocycles. The zero-order valence-electron chi connectivity index (χ0n) is 13.8. The first kappa shape index (κ1) is 21.5. The summed E-state index contributed by atoms with van der Waals surface area (Å²) in [5, 5.41) is 34.3. The molecule has 0 aliphatic carbocycles. The van der Waals surface area contributed by atoms with Gasteiger partial charge in [0.1, 0.15) is 11.3 Å². The first-order valence-electron chi connectivity index (χ1n) is 6.93. The van der Waals surface area contributed by atoms with Crippen LogP contribution in [0.5, 0.6) is 5.88 Å². The van der Waals surface area contributed by atoms with Gasteiger partial charge in [-0.3, -0.25) is 30.3 Å². The highest BCUT2D eigenvalue weighted by Gasteiger charge is 2.42. The van der Waals surface area contributed by atoms with Crippen LogP contribution in [0.2, 0.25) is 5.02 Å². The molecule has 2 rings (SSSR count). The lowest BCUT2D eigenvalue weighted by atomic mass is 10.1. The summed E-state index contributed by atoms with van der Waals surface area (Å²) in [4.78, 5) is 36.9. The average Bonchev–Trinajstić information content (AvgIpc) is 2.59. The number of nitro groups is 3. The first-order chi connectivity index (χ1) is 13.4. The average molecular weight is 439 g/mol. The number of nitrogens with one attached hydrogen (secondary N) is 1. The number of methoxy groups -OCH3 is 1. The lowest BCUT2D eigenvalue weighted by Crippen LogP contribution is -2.12. The molecule has 17 heteroatoms. The van der Waals surface area contributed by atoms with Crippen LogP contribution in [0, 0.1) is 30.3 Å². The normalized spacial score (nSPS) is 11.1. The maximum atomic E-state index is 13.1. The maximum absolute atomic E-state index is 13.1. The summed E-state index contributed by atoms with van der Waals surface area (Å²) in [6.45, 7) is 0. The van der Waals surface area contributed by atoms with Gasteiger partial charge in [-0.15, -0.1) is 0 Å². The maximum Gasteiger partial charge on any atom is 0.418 e. The van der Waals surface area contributed by atoms with Crippen LogP contribution < -0.4 is 10.1 Å². The van der Waals surface area contributed by atoms with E-state index in [9.17, 15) is 43.5 Å². The molecule has 0 saturated heterocycles. The molecule has 1 aromatic heterocycles. The Labute approximate surface area is 161 Å². The van der Waals surface area contributed by atoms with Gasteiger partial charge in [-0.05, 0) is 0 Å². The Balaban J connectivity index is 2.87. The number of nitrogens with zero attached hydrogens (tertiary/aromatic N) is 5. The smallest absolute Gasteiger partial charge is 0.418 e. The number of anilines is 2. The standard InChI is InChI=1S/C12H6ClF3N6O7/c1-29-11-9(22(27)28)10(17-3-18-11)19-7-5(20(23)24)2-4(12(14,15)16)6(13)8(7)21(25)26/h2-3H,1H3,(H,17,18,19). The van der Waals surface area contributed by atoms with Gasteiger partial charge in [0.05, 0.1) is 27.4 Å². The molecule has 0 atom stereocenters. The van der Waals surface area contributed by atoms with E-state index in [1.165, 1.54) is 0 Å². The summed E-state index contributed by atoms with van der Waals surface area (Å²) in [5.74, 6) is -1.43. The number of alkyl halides is 3. The second kappa shape index (κ2) is 7.66. The van der Waals surface area contributed by atoms with Crippen molar-refractivity contribution < 1.29 is 32.7 Å². The van der Waals surface area contributed by atoms with Gasteiger partial charge < -0.3 is 10.1 Å². The Morgan fingerprint density at radius 2 is 1.66 bits per heavy atom. The Hall–Kier alpha value is -3.82. The molecule has 0 bridgehead atoms. The van der Waals surface area contributed by atoms with Crippen molar-refractivity contribution in [3.63, 3.8) is 0 Å². The summed E-state index contributed by atoms with van der Waals surface area (Å²) in [7, 11) is 0.999. The number of nitro benzene ring substituents is 2. The second-order valence-electron chi connectivity index (χ2n) is 4.96. The fraction of sp³-hybridized carbons (Fsp3) is 0.167. The molecular weight excluding hydrogens is 433 g/mol. The van der Waals surface area contributed by atoms with E-state index in [4.69, 9.17) is 11.6 Å². The van der Waals surface area contributed by atoms with Crippen molar-refractivity contribution in [3.05, 3.63) is 53.3 Å². The van der Waals surface area contributed by atoms with E-state index >= 15 is 0 Å². The summed E-state index contributed by atoms with van der Waals surface area (Å²) in [6.07, 6.45) is -4.53. The third-order valence-corrected chi connectivity index (χ3v) is 3.69. The van der Waals surface area contributed by atoms with Gasteiger partial charge in [-0.1, -0.05) is 11.6 Å². The molecule has 0 radical (unpaired) electrons. The molecule has 154 valence electrons. The minimum Gasteiger partial charge on any atom is -0.476 e. The van der Waals surface area contributed by atoms with Gasteiger partial charge in [0, 0.05) is 6.07 Å². The Morgan fingerprint density at radius 3 is 2.10 bits per heavy atom. The lowest BCUT2D eigenvalue weighted by Gasteiger charge is -2.13. The number of aromatic nitrogens is 2. The number of rotatable bonds is 6. The number of halogens is 4. The monoisotopic (exact) mass is 438 g/mol. The molecule has 0 aliphatic rings. The zero-order valence-corrected chi connectivity index (χ0v) is 14.5. The molecule has 0 unspecified atom stereocenters. The van der Waals surface area contributed by atoms with Crippen LogP contribution in [0.4, 0.5) is 41.7 Å². The van der Waals surface area contributed by atoms with Gasteiger partial charge in [0.15, 0.2) is 5.69 Å². The summed E-state index contributed by atoms with van der Waals surface area (Å²) < 4.78 is 43.9. The van der Waals surface area contributed by atoms with Gasteiger partial charge in [-0.25, -0.2) is 4.98 Å². The Kier molecular flexibility index (Phi) is 5.67. The topological polar surface area (TPSA) is 176 Å². The quantitative estimate of drug-likeness (QED) is 0.517. The van der Waals surface area contributed by atoms with Crippen molar-refractivity contribution in [1.29, 1.82) is 0 Å². The van der Waals surface area contributed by atoms with Crippen molar-refractivity contribution in [3.8, 4) is 5.88 Å². The van der Waals surface area contributed by atoms with Crippen molar-refractivity contribution >= 4 is 40.2 Å². The second-order valence-corrected chi connectivity index (χ2v) is 5.33. The molecule has 13 nitrogen and oxygen atoms in total. The van der Waals surface area contributed by atoms with Crippen LogP contribution in [0.25, 0.3) is 0 Å².